The van der Waals surface area contributed by atoms with Gasteiger partial charge in [-0.25, -0.2) is 4.79 Å². The largest absolute Gasteiger partial charge is 0.465 e. The molecule has 0 saturated carbocycles. The Kier molecular flexibility index (Phi) is 5.67. The van der Waals surface area contributed by atoms with E-state index in [4.69, 9.17) is 14.6 Å². The first-order valence-electron chi connectivity index (χ1n) is 7.03. The van der Waals surface area contributed by atoms with E-state index in [9.17, 15) is 25.1 Å². The molecule has 0 bridgehead atoms. The topological polar surface area (TPSA) is 149 Å². The average Bonchev–Trinajstić information content (AvgIpc) is 2.57. The fourth-order valence-corrected chi connectivity index (χ4v) is 2.29. The summed E-state index contributed by atoms with van der Waals surface area (Å²) in [6.07, 6.45) is -4.83. The number of nitrogens with zero attached hydrogens (tertiary/aromatic N) is 1. The fourth-order valence-electron chi connectivity index (χ4n) is 2.29. The number of nitro benzene ring substituents is 1. The number of hydrogen-bond donors (Lipinski definition) is 3. The maximum atomic E-state index is 11.5. The predicted octanol–water partition coefficient (Wildman–Crippen LogP) is -0.411. The van der Waals surface area contributed by atoms with Crippen LogP contribution in [0, 0.1) is 10.1 Å². The third-order valence-corrected chi connectivity index (χ3v) is 3.55. The van der Waals surface area contributed by atoms with Gasteiger partial charge in [-0.15, -0.1) is 0 Å². The van der Waals surface area contributed by atoms with Crippen LogP contribution < -0.4 is 4.74 Å². The van der Waals surface area contributed by atoms with Gasteiger partial charge in [-0.05, 0) is 12.1 Å². The van der Waals surface area contributed by atoms with Crippen LogP contribution in [-0.4, -0.2) is 64.5 Å². The standard InChI is InChI=1S/C14H17NO9/c1-22-14(19)7-2-3-10(8(4-7)15(20)21)23-12-5-9(17)13(18)11(6-16)24-12/h2-4,9,11-13,16-18H,5-6H2,1H3. The van der Waals surface area contributed by atoms with Gasteiger partial charge in [0.1, 0.15) is 12.2 Å². The Bertz CT molecular complexity index is 620. The van der Waals surface area contributed by atoms with Gasteiger partial charge in [0, 0.05) is 12.5 Å². The summed E-state index contributed by atoms with van der Waals surface area (Å²) in [4.78, 5) is 21.9. The van der Waals surface area contributed by atoms with Gasteiger partial charge in [0.25, 0.3) is 0 Å². The molecule has 1 saturated heterocycles. The summed E-state index contributed by atoms with van der Waals surface area (Å²) in [7, 11) is 1.15. The maximum absolute atomic E-state index is 11.5. The molecule has 1 fully saturated rings. The summed E-state index contributed by atoms with van der Waals surface area (Å²) in [5.74, 6) is -0.921. The van der Waals surface area contributed by atoms with Gasteiger partial charge in [-0.1, -0.05) is 0 Å². The number of hydrogen-bond acceptors (Lipinski definition) is 9. The molecule has 0 aromatic heterocycles. The molecule has 1 aromatic carbocycles. The number of rotatable bonds is 5. The van der Waals surface area contributed by atoms with Crippen LogP contribution in [0.4, 0.5) is 5.69 Å². The van der Waals surface area contributed by atoms with Crippen molar-refractivity contribution in [3.8, 4) is 5.75 Å². The fraction of sp³-hybridized carbons (Fsp3) is 0.500. The van der Waals surface area contributed by atoms with Crippen molar-refractivity contribution in [3.63, 3.8) is 0 Å². The highest BCUT2D eigenvalue weighted by Gasteiger charge is 2.38. The third kappa shape index (κ3) is 3.79. The summed E-state index contributed by atoms with van der Waals surface area (Å²) in [6.45, 7) is -0.554. The Morgan fingerprint density at radius 2 is 2.17 bits per heavy atom. The van der Waals surface area contributed by atoms with Crippen LogP contribution in [-0.2, 0) is 9.47 Å². The van der Waals surface area contributed by atoms with Crippen molar-refractivity contribution in [1.82, 2.24) is 0 Å². The second-order valence-corrected chi connectivity index (χ2v) is 5.13. The van der Waals surface area contributed by atoms with Crippen molar-refractivity contribution < 1.29 is 39.2 Å². The van der Waals surface area contributed by atoms with E-state index in [1.54, 1.807) is 0 Å². The molecule has 4 atom stereocenters. The van der Waals surface area contributed by atoms with E-state index in [2.05, 4.69) is 4.74 Å². The van der Waals surface area contributed by atoms with Crippen LogP contribution in [0.15, 0.2) is 18.2 Å². The normalized spacial score (nSPS) is 26.7. The van der Waals surface area contributed by atoms with Crippen molar-refractivity contribution in [2.45, 2.75) is 31.0 Å². The molecule has 10 heteroatoms. The molecule has 0 spiro atoms. The second-order valence-electron chi connectivity index (χ2n) is 5.13. The smallest absolute Gasteiger partial charge is 0.338 e. The van der Waals surface area contributed by atoms with Crippen LogP contribution in [0.1, 0.15) is 16.8 Å². The lowest BCUT2D eigenvalue weighted by Crippen LogP contribution is -2.51. The van der Waals surface area contributed by atoms with Gasteiger partial charge < -0.3 is 29.5 Å². The lowest BCUT2D eigenvalue weighted by Gasteiger charge is -2.35. The molecule has 2 rings (SSSR count). The van der Waals surface area contributed by atoms with E-state index < -0.39 is 47.8 Å². The van der Waals surface area contributed by atoms with Crippen LogP contribution in [0.25, 0.3) is 0 Å². The van der Waals surface area contributed by atoms with Crippen LogP contribution in [0.3, 0.4) is 0 Å². The monoisotopic (exact) mass is 343 g/mol. The van der Waals surface area contributed by atoms with Gasteiger partial charge in [-0.3, -0.25) is 10.1 Å². The summed E-state index contributed by atoms with van der Waals surface area (Å²) < 4.78 is 15.1. The van der Waals surface area contributed by atoms with E-state index in [0.717, 1.165) is 13.2 Å². The molecule has 1 aliphatic heterocycles. The zero-order chi connectivity index (χ0) is 17.9. The molecule has 1 aliphatic rings. The first-order chi connectivity index (χ1) is 11.4. The zero-order valence-corrected chi connectivity index (χ0v) is 12.7. The Balaban J connectivity index is 2.22. The average molecular weight is 343 g/mol. The first kappa shape index (κ1) is 18.1. The number of esters is 1. The molecule has 24 heavy (non-hydrogen) atoms. The number of aliphatic hydroxyl groups is 3. The summed E-state index contributed by atoms with van der Waals surface area (Å²) in [5.41, 5.74) is -0.507. The maximum Gasteiger partial charge on any atom is 0.338 e. The zero-order valence-electron chi connectivity index (χ0n) is 12.7. The van der Waals surface area contributed by atoms with Crippen LogP contribution in [0.2, 0.25) is 0 Å². The molecular weight excluding hydrogens is 326 g/mol. The van der Waals surface area contributed by atoms with Crippen molar-refractivity contribution >= 4 is 11.7 Å². The van der Waals surface area contributed by atoms with Gasteiger partial charge in [0.2, 0.25) is 6.29 Å². The van der Waals surface area contributed by atoms with Crippen molar-refractivity contribution in [3.05, 3.63) is 33.9 Å². The van der Waals surface area contributed by atoms with Crippen LogP contribution >= 0.6 is 0 Å². The summed E-state index contributed by atoms with van der Waals surface area (Å²) in [5, 5.41) is 39.7. The highest BCUT2D eigenvalue weighted by molar-refractivity contribution is 5.90. The Labute approximate surface area is 136 Å². The lowest BCUT2D eigenvalue weighted by atomic mass is 10.0. The first-order valence-corrected chi connectivity index (χ1v) is 7.03. The van der Waals surface area contributed by atoms with E-state index in [-0.39, 0.29) is 17.7 Å². The molecular formula is C14H17NO9. The number of carbonyl (C=O) groups is 1. The Morgan fingerprint density at radius 3 is 2.75 bits per heavy atom. The molecule has 1 aromatic rings. The molecule has 10 nitrogen and oxygen atoms in total. The Morgan fingerprint density at radius 1 is 1.46 bits per heavy atom. The van der Waals surface area contributed by atoms with E-state index in [1.165, 1.54) is 12.1 Å². The molecule has 3 N–H and O–H groups in total. The highest BCUT2D eigenvalue weighted by atomic mass is 16.7. The summed E-state index contributed by atoms with van der Waals surface area (Å²) >= 11 is 0. The number of carbonyl (C=O) groups excluding carboxylic acids is 1. The number of methoxy groups -OCH3 is 1. The lowest BCUT2D eigenvalue weighted by molar-refractivity contribution is -0.386. The minimum absolute atomic E-state index is 0.0233. The molecule has 4 unspecified atom stereocenters. The predicted molar refractivity (Wildman–Crippen MR) is 77.4 cm³/mol. The summed E-state index contributed by atoms with van der Waals surface area (Å²) in [6, 6.07) is 3.49. The SMILES string of the molecule is COC(=O)c1ccc(OC2CC(O)C(O)C(CO)O2)c([N+](=O)[O-])c1. The second kappa shape index (κ2) is 7.53. The van der Waals surface area contributed by atoms with E-state index >= 15 is 0 Å². The molecule has 1 heterocycles. The van der Waals surface area contributed by atoms with Gasteiger partial charge in [0.05, 0.1) is 30.3 Å². The molecule has 0 aliphatic carbocycles. The minimum Gasteiger partial charge on any atom is -0.465 e. The Hall–Kier alpha value is -2.27. The van der Waals surface area contributed by atoms with Gasteiger partial charge >= 0.3 is 11.7 Å². The van der Waals surface area contributed by atoms with Crippen molar-refractivity contribution in [1.29, 1.82) is 0 Å². The van der Waals surface area contributed by atoms with Gasteiger partial charge in [-0.2, -0.15) is 0 Å². The molecule has 0 radical (unpaired) electrons. The van der Waals surface area contributed by atoms with Crippen molar-refractivity contribution in [2.24, 2.45) is 0 Å². The quantitative estimate of drug-likeness (QED) is 0.368. The van der Waals surface area contributed by atoms with Gasteiger partial charge in [0.15, 0.2) is 5.75 Å². The van der Waals surface area contributed by atoms with Crippen molar-refractivity contribution in [2.75, 3.05) is 13.7 Å². The molecule has 132 valence electrons. The van der Waals surface area contributed by atoms with Crippen LogP contribution in [0.5, 0.6) is 5.75 Å². The number of aliphatic hydroxyl groups excluding tert-OH is 3. The number of nitro groups is 1. The van der Waals surface area contributed by atoms with E-state index in [1.807, 2.05) is 0 Å². The number of benzene rings is 1. The highest BCUT2D eigenvalue weighted by Crippen LogP contribution is 2.31. The third-order valence-electron chi connectivity index (χ3n) is 3.55. The number of ether oxygens (including phenoxy) is 3. The minimum atomic E-state index is -1.29. The van der Waals surface area contributed by atoms with E-state index in [0.29, 0.717) is 0 Å². The molecule has 0 amide bonds.